The van der Waals surface area contributed by atoms with Gasteiger partial charge in [0.15, 0.2) is 0 Å². The van der Waals surface area contributed by atoms with Crippen LogP contribution in [0.2, 0.25) is 10.0 Å². The zero-order chi connectivity index (χ0) is 22.8. The van der Waals surface area contributed by atoms with Crippen LogP contribution in [-0.2, 0) is 16.1 Å². The van der Waals surface area contributed by atoms with Gasteiger partial charge in [-0.2, -0.15) is 0 Å². The molecule has 1 atom stereocenters. The van der Waals surface area contributed by atoms with Crippen molar-refractivity contribution in [3.63, 3.8) is 0 Å². The normalized spacial score (nSPS) is 11.9. The lowest BCUT2D eigenvalue weighted by molar-refractivity contribution is -0.141. The second kappa shape index (κ2) is 13.0. The number of halogens is 2. The smallest absolute Gasteiger partial charge is 0.242 e. The highest BCUT2D eigenvalue weighted by atomic mass is 35.5. The van der Waals surface area contributed by atoms with Gasteiger partial charge in [0.1, 0.15) is 6.04 Å². The van der Waals surface area contributed by atoms with Crippen molar-refractivity contribution in [1.82, 2.24) is 10.2 Å². The van der Waals surface area contributed by atoms with Crippen LogP contribution in [0.4, 0.5) is 0 Å². The van der Waals surface area contributed by atoms with Crippen molar-refractivity contribution >= 4 is 46.8 Å². The van der Waals surface area contributed by atoms with Crippen molar-refractivity contribution in [2.75, 3.05) is 12.3 Å². The van der Waals surface area contributed by atoms with Crippen molar-refractivity contribution in [1.29, 1.82) is 0 Å². The van der Waals surface area contributed by atoms with Gasteiger partial charge >= 0.3 is 0 Å². The van der Waals surface area contributed by atoms with Crippen LogP contribution in [0.5, 0.6) is 0 Å². The van der Waals surface area contributed by atoms with Crippen molar-refractivity contribution in [3.05, 3.63) is 64.1 Å². The number of amides is 2. The number of nitrogens with one attached hydrogen (secondary N) is 1. The molecule has 0 aromatic heterocycles. The number of hydrogen-bond donors (Lipinski definition) is 1. The summed E-state index contributed by atoms with van der Waals surface area (Å²) in [6.45, 7) is 6.99. The average molecular weight is 481 g/mol. The third-order valence-electron chi connectivity index (χ3n) is 4.73. The summed E-state index contributed by atoms with van der Waals surface area (Å²) in [6.07, 6.45) is 0.891. The van der Waals surface area contributed by atoms with E-state index in [1.54, 1.807) is 28.8 Å². The molecule has 0 heterocycles. The Balaban J connectivity index is 2.10. The lowest BCUT2D eigenvalue weighted by atomic mass is 10.1. The van der Waals surface area contributed by atoms with Crippen LogP contribution in [0.15, 0.2) is 53.4 Å². The Morgan fingerprint density at radius 1 is 1.00 bits per heavy atom. The first-order valence-corrected chi connectivity index (χ1v) is 12.2. The largest absolute Gasteiger partial charge is 0.354 e. The molecule has 0 bridgehead atoms. The molecule has 168 valence electrons. The van der Waals surface area contributed by atoms with Gasteiger partial charge in [0.05, 0.1) is 0 Å². The summed E-state index contributed by atoms with van der Waals surface area (Å²) in [4.78, 5) is 28.8. The minimum Gasteiger partial charge on any atom is -0.354 e. The summed E-state index contributed by atoms with van der Waals surface area (Å²) >= 11 is 13.5. The van der Waals surface area contributed by atoms with Gasteiger partial charge in [0, 0.05) is 40.2 Å². The van der Waals surface area contributed by atoms with Crippen LogP contribution in [-0.4, -0.2) is 35.1 Å². The Hall–Kier alpha value is -1.69. The minimum atomic E-state index is -0.512. The zero-order valence-electron chi connectivity index (χ0n) is 18.2. The fourth-order valence-corrected chi connectivity index (χ4v) is 4.15. The molecule has 2 aromatic rings. The van der Waals surface area contributed by atoms with Crippen molar-refractivity contribution < 1.29 is 9.59 Å². The van der Waals surface area contributed by atoms with E-state index in [1.165, 1.54) is 0 Å². The quantitative estimate of drug-likeness (QED) is 0.397. The third-order valence-corrected chi connectivity index (χ3v) is 6.25. The molecule has 2 amide bonds. The summed E-state index contributed by atoms with van der Waals surface area (Å²) in [5.41, 5.74) is 0.943. The molecule has 0 unspecified atom stereocenters. The highest BCUT2D eigenvalue weighted by Gasteiger charge is 2.28. The second-order valence-corrected chi connectivity index (χ2v) is 9.80. The molecule has 0 saturated carbocycles. The molecule has 0 radical (unpaired) electrons. The number of carbonyl (C=O) groups excluding carboxylic acids is 2. The first-order valence-electron chi connectivity index (χ1n) is 10.5. The van der Waals surface area contributed by atoms with Gasteiger partial charge in [0.2, 0.25) is 11.8 Å². The molecule has 2 aromatic carbocycles. The topological polar surface area (TPSA) is 49.4 Å². The van der Waals surface area contributed by atoms with Crippen LogP contribution in [0, 0.1) is 5.92 Å². The number of benzene rings is 2. The summed E-state index contributed by atoms with van der Waals surface area (Å²) in [6, 6.07) is 14.4. The van der Waals surface area contributed by atoms with Gasteiger partial charge < -0.3 is 10.2 Å². The van der Waals surface area contributed by atoms with E-state index >= 15 is 0 Å². The Kier molecular flexibility index (Phi) is 10.7. The SMILES string of the molecule is CC[C@@H](C(=O)NCC(C)C)N(Cc1ccc(Cl)cc1)C(=O)CCSc1ccc(Cl)cc1. The van der Waals surface area contributed by atoms with Gasteiger partial charge in [-0.05, 0) is 54.3 Å². The fraction of sp³-hybridized carbons (Fsp3) is 0.417. The van der Waals surface area contributed by atoms with Gasteiger partial charge in [-0.1, -0.05) is 56.1 Å². The van der Waals surface area contributed by atoms with Crippen LogP contribution in [0.25, 0.3) is 0 Å². The van der Waals surface area contributed by atoms with E-state index in [9.17, 15) is 9.59 Å². The average Bonchev–Trinajstić information content (AvgIpc) is 2.74. The molecule has 7 heteroatoms. The maximum Gasteiger partial charge on any atom is 0.242 e. The fourth-order valence-electron chi connectivity index (χ4n) is 3.06. The van der Waals surface area contributed by atoms with Crippen LogP contribution in [0.1, 0.15) is 39.2 Å². The maximum absolute atomic E-state index is 13.2. The van der Waals surface area contributed by atoms with Crippen LogP contribution < -0.4 is 5.32 Å². The third kappa shape index (κ3) is 8.76. The molecule has 1 N–H and O–H groups in total. The van der Waals surface area contributed by atoms with Gasteiger partial charge in [0.25, 0.3) is 0 Å². The summed E-state index contributed by atoms with van der Waals surface area (Å²) in [5, 5.41) is 4.31. The number of rotatable bonds is 11. The molecule has 2 rings (SSSR count). The Bertz CT molecular complexity index is 842. The molecule has 0 spiro atoms. The Labute approximate surface area is 199 Å². The predicted molar refractivity (Wildman–Crippen MR) is 131 cm³/mol. The van der Waals surface area contributed by atoms with E-state index in [-0.39, 0.29) is 11.8 Å². The lowest BCUT2D eigenvalue weighted by Gasteiger charge is -2.31. The zero-order valence-corrected chi connectivity index (χ0v) is 20.6. The molecular formula is C24H30Cl2N2O2S. The van der Waals surface area contributed by atoms with Crippen molar-refractivity contribution in [3.8, 4) is 0 Å². The highest BCUT2D eigenvalue weighted by Crippen LogP contribution is 2.22. The second-order valence-electron chi connectivity index (χ2n) is 7.76. The molecule has 0 aliphatic heterocycles. The van der Waals surface area contributed by atoms with E-state index in [1.807, 2.05) is 57.2 Å². The Morgan fingerprint density at radius 2 is 1.58 bits per heavy atom. The van der Waals surface area contributed by atoms with E-state index in [0.29, 0.717) is 47.6 Å². The monoisotopic (exact) mass is 480 g/mol. The van der Waals surface area contributed by atoms with Gasteiger partial charge in [-0.15, -0.1) is 11.8 Å². The van der Waals surface area contributed by atoms with E-state index in [4.69, 9.17) is 23.2 Å². The molecule has 0 fully saturated rings. The summed E-state index contributed by atoms with van der Waals surface area (Å²) in [7, 11) is 0. The molecule has 31 heavy (non-hydrogen) atoms. The predicted octanol–water partition coefficient (Wildman–Crippen LogP) is 6.06. The number of carbonyl (C=O) groups is 2. The maximum atomic E-state index is 13.2. The van der Waals surface area contributed by atoms with Gasteiger partial charge in [-0.25, -0.2) is 0 Å². The van der Waals surface area contributed by atoms with Crippen LogP contribution >= 0.6 is 35.0 Å². The first kappa shape index (κ1) is 25.6. The first-order chi connectivity index (χ1) is 14.8. The number of nitrogens with zero attached hydrogens (tertiary/aromatic N) is 1. The summed E-state index contributed by atoms with van der Waals surface area (Å²) in [5.74, 6) is 0.825. The molecular weight excluding hydrogens is 451 g/mol. The van der Waals surface area contributed by atoms with Crippen LogP contribution in [0.3, 0.4) is 0 Å². The minimum absolute atomic E-state index is 0.0389. The van der Waals surface area contributed by atoms with Crippen molar-refractivity contribution in [2.45, 2.75) is 51.1 Å². The Morgan fingerprint density at radius 3 is 2.13 bits per heavy atom. The van der Waals surface area contributed by atoms with E-state index in [2.05, 4.69) is 5.32 Å². The van der Waals surface area contributed by atoms with E-state index in [0.717, 1.165) is 10.5 Å². The van der Waals surface area contributed by atoms with Gasteiger partial charge in [-0.3, -0.25) is 9.59 Å². The van der Waals surface area contributed by atoms with Crippen molar-refractivity contribution in [2.24, 2.45) is 5.92 Å². The summed E-state index contributed by atoms with van der Waals surface area (Å²) < 4.78 is 0. The molecule has 0 aliphatic carbocycles. The lowest BCUT2D eigenvalue weighted by Crippen LogP contribution is -2.49. The molecule has 0 saturated heterocycles. The number of hydrogen-bond acceptors (Lipinski definition) is 3. The molecule has 0 aliphatic rings. The highest BCUT2D eigenvalue weighted by molar-refractivity contribution is 7.99. The molecule has 4 nitrogen and oxygen atoms in total. The van der Waals surface area contributed by atoms with E-state index < -0.39 is 6.04 Å². The number of thioether (sulfide) groups is 1. The standard InChI is InChI=1S/C24H30Cl2N2O2S/c1-4-22(24(30)27-15-17(2)3)28(16-18-5-7-19(25)8-6-18)23(29)13-14-31-21-11-9-20(26)10-12-21/h5-12,17,22H,4,13-16H2,1-3H3,(H,27,30)/t22-/m0/s1.